The number of anilines is 1. The molecule has 1 aromatic carbocycles. The van der Waals surface area contributed by atoms with Crippen molar-refractivity contribution < 1.29 is 14.6 Å². The Hall–Kier alpha value is -2.48. The van der Waals surface area contributed by atoms with Crippen LogP contribution in [0.15, 0.2) is 36.5 Å². The molecule has 7 nitrogen and oxygen atoms in total. The van der Waals surface area contributed by atoms with Crippen molar-refractivity contribution >= 4 is 11.7 Å². The first kappa shape index (κ1) is 22.0. The molecule has 2 aliphatic carbocycles. The standard InChI is InChI=1S/C27H34N4O3/c28-25-24(26(33)30-22-5-7-23(32)8-6-22)9-19(11-29-25)18-1-3-20(4-2-18)27-10-21(27)13-31(16-27)12-17-14-34-15-17/h1-4,9,11,17,21-23,32H,5-8,10,12-16H2,(H2,28,29)(H,30,33). The monoisotopic (exact) mass is 462 g/mol. The lowest BCUT2D eigenvalue weighted by Gasteiger charge is -2.31. The summed E-state index contributed by atoms with van der Waals surface area (Å²) < 4.78 is 5.35. The van der Waals surface area contributed by atoms with Gasteiger partial charge in [0, 0.05) is 48.8 Å². The van der Waals surface area contributed by atoms with Crippen LogP contribution in [0.25, 0.3) is 11.1 Å². The SMILES string of the molecule is Nc1ncc(-c2ccc(C34CC3CN(CC3COC3)C4)cc2)cc1C(=O)NC1CCC(O)CC1. The molecular formula is C27H34N4O3. The predicted molar refractivity (Wildman–Crippen MR) is 130 cm³/mol. The van der Waals surface area contributed by atoms with Crippen molar-refractivity contribution in [3.05, 3.63) is 47.7 Å². The van der Waals surface area contributed by atoms with Crippen molar-refractivity contribution in [2.24, 2.45) is 11.8 Å². The number of nitrogens with one attached hydrogen (secondary N) is 1. The fourth-order valence-corrected chi connectivity index (χ4v) is 6.22. The lowest BCUT2D eigenvalue weighted by atomic mass is 9.92. The molecule has 2 atom stereocenters. The minimum atomic E-state index is -0.249. The summed E-state index contributed by atoms with van der Waals surface area (Å²) in [4.78, 5) is 19.8. The highest BCUT2D eigenvalue weighted by atomic mass is 16.5. The van der Waals surface area contributed by atoms with Gasteiger partial charge in [0.05, 0.1) is 24.9 Å². The van der Waals surface area contributed by atoms with Crippen LogP contribution in [0.1, 0.15) is 48.0 Å². The lowest BCUT2D eigenvalue weighted by molar-refractivity contribution is -0.0452. The van der Waals surface area contributed by atoms with Gasteiger partial charge in [-0.25, -0.2) is 4.98 Å². The van der Waals surface area contributed by atoms with Crippen molar-refractivity contribution in [2.75, 3.05) is 38.6 Å². The second-order valence-electron chi connectivity index (χ2n) is 10.9. The summed E-state index contributed by atoms with van der Waals surface area (Å²) >= 11 is 0. The van der Waals surface area contributed by atoms with Gasteiger partial charge in [0.25, 0.3) is 5.91 Å². The molecule has 4 aliphatic rings. The number of carbonyl (C=O) groups is 1. The molecule has 34 heavy (non-hydrogen) atoms. The number of piperidine rings is 1. The Labute approximate surface area is 200 Å². The molecule has 2 saturated carbocycles. The zero-order chi connectivity index (χ0) is 23.3. The molecule has 6 rings (SSSR count). The smallest absolute Gasteiger partial charge is 0.255 e. The topological polar surface area (TPSA) is 101 Å². The molecule has 4 N–H and O–H groups in total. The van der Waals surface area contributed by atoms with E-state index in [1.165, 1.54) is 25.1 Å². The average molecular weight is 463 g/mol. The molecule has 2 aromatic rings. The number of nitrogens with two attached hydrogens (primary N) is 1. The first-order valence-corrected chi connectivity index (χ1v) is 12.7. The molecular weight excluding hydrogens is 428 g/mol. The van der Waals surface area contributed by atoms with E-state index in [9.17, 15) is 9.90 Å². The van der Waals surface area contributed by atoms with Crippen LogP contribution in [0.3, 0.4) is 0 Å². The molecule has 2 aliphatic heterocycles. The van der Waals surface area contributed by atoms with Crippen molar-refractivity contribution in [1.29, 1.82) is 0 Å². The van der Waals surface area contributed by atoms with Gasteiger partial charge in [-0.3, -0.25) is 4.79 Å². The normalized spacial score (nSPS) is 31.0. The van der Waals surface area contributed by atoms with Crippen molar-refractivity contribution in [3.63, 3.8) is 0 Å². The van der Waals surface area contributed by atoms with E-state index in [0.717, 1.165) is 62.5 Å². The molecule has 7 heteroatoms. The number of amides is 1. The van der Waals surface area contributed by atoms with Crippen molar-refractivity contribution in [2.45, 2.75) is 49.7 Å². The summed E-state index contributed by atoms with van der Waals surface area (Å²) in [5.41, 5.74) is 10.2. The summed E-state index contributed by atoms with van der Waals surface area (Å²) in [6.07, 6.45) is 5.80. The number of pyridine rings is 1. The number of ether oxygens (including phenoxy) is 1. The molecule has 2 unspecified atom stereocenters. The number of fused-ring (bicyclic) bond motifs is 1. The summed E-state index contributed by atoms with van der Waals surface area (Å²) in [6.45, 7) is 5.36. The average Bonchev–Trinajstić information content (AvgIpc) is 3.39. The zero-order valence-electron chi connectivity index (χ0n) is 19.6. The van der Waals surface area contributed by atoms with Gasteiger partial charge in [0.2, 0.25) is 0 Å². The number of rotatable bonds is 6. The fourth-order valence-electron chi connectivity index (χ4n) is 6.22. The molecule has 0 bridgehead atoms. The maximum Gasteiger partial charge on any atom is 0.255 e. The molecule has 0 radical (unpaired) electrons. The first-order chi connectivity index (χ1) is 16.5. The van der Waals surface area contributed by atoms with Crippen LogP contribution in [0, 0.1) is 11.8 Å². The number of nitrogens with zero attached hydrogens (tertiary/aromatic N) is 2. The summed E-state index contributed by atoms with van der Waals surface area (Å²) in [7, 11) is 0. The van der Waals surface area contributed by atoms with Crippen molar-refractivity contribution in [1.82, 2.24) is 15.2 Å². The van der Waals surface area contributed by atoms with Crippen LogP contribution < -0.4 is 11.1 Å². The van der Waals surface area contributed by atoms with Crippen LogP contribution in [0.4, 0.5) is 5.82 Å². The number of hydrogen-bond acceptors (Lipinski definition) is 6. The van der Waals surface area contributed by atoms with Gasteiger partial charge >= 0.3 is 0 Å². The van der Waals surface area contributed by atoms with E-state index in [1.54, 1.807) is 6.20 Å². The summed E-state index contributed by atoms with van der Waals surface area (Å²) in [6, 6.07) is 10.7. The maximum absolute atomic E-state index is 12.9. The van der Waals surface area contributed by atoms with Crippen LogP contribution in [0.5, 0.6) is 0 Å². The van der Waals surface area contributed by atoms with E-state index in [2.05, 4.69) is 39.5 Å². The third-order valence-corrected chi connectivity index (χ3v) is 8.43. The van der Waals surface area contributed by atoms with E-state index in [4.69, 9.17) is 10.5 Å². The van der Waals surface area contributed by atoms with E-state index >= 15 is 0 Å². The maximum atomic E-state index is 12.9. The number of likely N-dealkylation sites (tertiary alicyclic amines) is 1. The van der Waals surface area contributed by atoms with Gasteiger partial charge in [0.15, 0.2) is 0 Å². The highest BCUT2D eigenvalue weighted by molar-refractivity contribution is 5.99. The Morgan fingerprint density at radius 3 is 2.65 bits per heavy atom. The molecule has 180 valence electrons. The largest absolute Gasteiger partial charge is 0.393 e. The number of aliphatic hydroxyl groups excluding tert-OH is 1. The summed E-state index contributed by atoms with van der Waals surface area (Å²) in [5, 5.41) is 12.8. The van der Waals surface area contributed by atoms with Gasteiger partial charge in [-0.2, -0.15) is 0 Å². The molecule has 1 amide bonds. The van der Waals surface area contributed by atoms with Crippen molar-refractivity contribution in [3.8, 4) is 11.1 Å². The third-order valence-electron chi connectivity index (χ3n) is 8.43. The first-order valence-electron chi connectivity index (χ1n) is 12.7. The van der Waals surface area contributed by atoms with E-state index in [1.807, 2.05) is 6.07 Å². The number of nitrogen functional groups attached to an aromatic ring is 1. The summed E-state index contributed by atoms with van der Waals surface area (Å²) in [5.74, 6) is 1.54. The highest BCUT2D eigenvalue weighted by Crippen LogP contribution is 2.59. The number of aromatic nitrogens is 1. The second-order valence-corrected chi connectivity index (χ2v) is 10.9. The quantitative estimate of drug-likeness (QED) is 0.610. The highest BCUT2D eigenvalue weighted by Gasteiger charge is 2.60. The Morgan fingerprint density at radius 1 is 1.18 bits per heavy atom. The van der Waals surface area contributed by atoms with Gasteiger partial charge in [0.1, 0.15) is 5.82 Å². The molecule has 4 fully saturated rings. The Kier molecular flexibility index (Phi) is 5.59. The second kappa shape index (κ2) is 8.63. The Balaban J connectivity index is 1.14. The predicted octanol–water partition coefficient (Wildman–Crippen LogP) is 2.58. The molecule has 3 heterocycles. The Morgan fingerprint density at radius 2 is 1.94 bits per heavy atom. The van der Waals surface area contributed by atoms with E-state index < -0.39 is 0 Å². The molecule has 2 saturated heterocycles. The van der Waals surface area contributed by atoms with E-state index in [-0.39, 0.29) is 23.9 Å². The Bertz CT molecular complexity index is 1060. The molecule has 0 spiro atoms. The number of carbonyl (C=O) groups excluding carboxylic acids is 1. The van der Waals surface area contributed by atoms with Crippen LogP contribution in [-0.2, 0) is 10.2 Å². The van der Waals surface area contributed by atoms with Crippen LogP contribution in [0.2, 0.25) is 0 Å². The van der Waals surface area contributed by atoms with E-state index in [0.29, 0.717) is 16.9 Å². The van der Waals surface area contributed by atoms with Crippen LogP contribution in [-0.4, -0.2) is 65.9 Å². The zero-order valence-corrected chi connectivity index (χ0v) is 19.6. The number of hydrogen-bond donors (Lipinski definition) is 3. The van der Waals surface area contributed by atoms with Gasteiger partial charge in [-0.05, 0) is 55.2 Å². The molecule has 1 aromatic heterocycles. The number of benzene rings is 1. The minimum Gasteiger partial charge on any atom is -0.393 e. The van der Waals surface area contributed by atoms with Gasteiger partial charge in [-0.1, -0.05) is 24.3 Å². The van der Waals surface area contributed by atoms with Crippen LogP contribution >= 0.6 is 0 Å². The van der Waals surface area contributed by atoms with Gasteiger partial charge in [-0.15, -0.1) is 0 Å². The van der Waals surface area contributed by atoms with Gasteiger partial charge < -0.3 is 25.8 Å². The lowest BCUT2D eigenvalue weighted by Crippen LogP contribution is -2.40. The number of aliphatic hydroxyl groups is 1. The fraction of sp³-hybridized carbons (Fsp3) is 0.556. The minimum absolute atomic E-state index is 0.0757. The third kappa shape index (κ3) is 4.10.